The molecule has 3 aromatic rings. The maximum atomic E-state index is 13.5. The molecule has 4 rings (SSSR count). The zero-order chi connectivity index (χ0) is 21.1. The molecule has 1 aliphatic rings. The van der Waals surface area contributed by atoms with Crippen LogP contribution in [0, 0.1) is 6.92 Å². The highest BCUT2D eigenvalue weighted by molar-refractivity contribution is 6.17. The van der Waals surface area contributed by atoms with Gasteiger partial charge in [-0.2, -0.15) is 0 Å². The number of para-hydroxylation sites is 1. The van der Waals surface area contributed by atoms with E-state index in [1.54, 1.807) is 32.4 Å². The van der Waals surface area contributed by atoms with E-state index in [2.05, 4.69) is 15.5 Å². The summed E-state index contributed by atoms with van der Waals surface area (Å²) in [5.74, 6) is 1.16. The molecule has 0 saturated carbocycles. The molecule has 158 valence electrons. The predicted octanol–water partition coefficient (Wildman–Crippen LogP) is 3.53. The van der Waals surface area contributed by atoms with Gasteiger partial charge in [-0.25, -0.2) is 0 Å². The van der Waals surface area contributed by atoms with Gasteiger partial charge in [-0.1, -0.05) is 18.2 Å². The second kappa shape index (κ2) is 8.90. The number of ketones is 1. The first-order valence-electron chi connectivity index (χ1n) is 10.3. The summed E-state index contributed by atoms with van der Waals surface area (Å²) in [6.45, 7) is 7.29. The van der Waals surface area contributed by atoms with Gasteiger partial charge in [-0.05, 0) is 31.2 Å². The minimum Gasteiger partial charge on any atom is -0.493 e. The molecule has 0 bridgehead atoms. The lowest BCUT2D eigenvalue weighted by atomic mass is 10.00. The van der Waals surface area contributed by atoms with Crippen molar-refractivity contribution in [3.63, 3.8) is 0 Å². The molecule has 1 saturated heterocycles. The smallest absolute Gasteiger partial charge is 0.195 e. The number of carbonyl (C=O) groups is 1. The fraction of sp³-hybridized carbons (Fsp3) is 0.375. The molecule has 0 radical (unpaired) electrons. The lowest BCUT2D eigenvalue weighted by molar-refractivity contribution is 0.0365. The van der Waals surface area contributed by atoms with Gasteiger partial charge in [-0.3, -0.25) is 9.69 Å². The third kappa shape index (κ3) is 3.80. The Bertz CT molecular complexity index is 1050. The van der Waals surface area contributed by atoms with E-state index in [1.165, 1.54) is 0 Å². The summed E-state index contributed by atoms with van der Waals surface area (Å²) in [6.07, 6.45) is 0. The Morgan fingerprint density at radius 1 is 1.00 bits per heavy atom. The van der Waals surface area contributed by atoms with Crippen LogP contribution in [0.5, 0.6) is 11.5 Å². The SMILES string of the molecule is COc1ccc(C(=O)c2c(C)n(CCN3CCOCC3)c3ccccc23)cc1OC. The molecule has 2 aromatic carbocycles. The Kier molecular flexibility index (Phi) is 6.06. The van der Waals surface area contributed by atoms with Crippen LogP contribution in [0.25, 0.3) is 10.9 Å². The lowest BCUT2D eigenvalue weighted by Gasteiger charge is -2.27. The van der Waals surface area contributed by atoms with Gasteiger partial charge in [0.2, 0.25) is 0 Å². The Balaban J connectivity index is 1.70. The standard InChI is InChI=1S/C24H28N2O4/c1-17-23(24(27)18-8-9-21(28-2)22(16-18)29-3)19-6-4-5-7-20(19)26(17)11-10-25-12-14-30-15-13-25/h4-9,16H,10-15H2,1-3H3. The number of morpholine rings is 1. The number of methoxy groups -OCH3 is 2. The van der Waals surface area contributed by atoms with Crippen molar-refractivity contribution in [3.8, 4) is 11.5 Å². The fourth-order valence-corrected chi connectivity index (χ4v) is 4.19. The van der Waals surface area contributed by atoms with Gasteiger partial charge in [0.15, 0.2) is 17.3 Å². The van der Waals surface area contributed by atoms with Crippen molar-refractivity contribution < 1.29 is 19.0 Å². The topological polar surface area (TPSA) is 52.9 Å². The Hall–Kier alpha value is -2.83. The summed E-state index contributed by atoms with van der Waals surface area (Å²) in [7, 11) is 3.17. The molecule has 1 fully saturated rings. The molecule has 0 N–H and O–H groups in total. The van der Waals surface area contributed by atoms with Gasteiger partial charge < -0.3 is 18.8 Å². The summed E-state index contributed by atoms with van der Waals surface area (Å²) in [6, 6.07) is 13.5. The van der Waals surface area contributed by atoms with Gasteiger partial charge >= 0.3 is 0 Å². The van der Waals surface area contributed by atoms with Crippen LogP contribution < -0.4 is 9.47 Å². The van der Waals surface area contributed by atoms with Gasteiger partial charge in [0.05, 0.1) is 33.0 Å². The van der Waals surface area contributed by atoms with Crippen molar-refractivity contribution in [2.45, 2.75) is 13.5 Å². The van der Waals surface area contributed by atoms with Crippen LogP contribution in [-0.4, -0.2) is 62.3 Å². The molecule has 0 aliphatic carbocycles. The van der Waals surface area contributed by atoms with Gasteiger partial charge in [0.25, 0.3) is 0 Å². The predicted molar refractivity (Wildman–Crippen MR) is 117 cm³/mol. The van der Waals surface area contributed by atoms with E-state index >= 15 is 0 Å². The quantitative estimate of drug-likeness (QED) is 0.560. The number of benzene rings is 2. The third-order valence-electron chi connectivity index (χ3n) is 5.85. The zero-order valence-electron chi connectivity index (χ0n) is 17.8. The van der Waals surface area contributed by atoms with Crippen LogP contribution in [0.1, 0.15) is 21.6 Å². The Labute approximate surface area is 176 Å². The average Bonchev–Trinajstić information content (AvgIpc) is 3.08. The highest BCUT2D eigenvalue weighted by Gasteiger charge is 2.22. The van der Waals surface area contributed by atoms with Crippen molar-refractivity contribution in [3.05, 3.63) is 59.3 Å². The first kappa shape index (κ1) is 20.4. The van der Waals surface area contributed by atoms with E-state index in [1.807, 2.05) is 25.1 Å². The number of carbonyl (C=O) groups excluding carboxylic acids is 1. The van der Waals surface area contributed by atoms with Gasteiger partial charge in [-0.15, -0.1) is 0 Å². The number of fused-ring (bicyclic) bond motifs is 1. The second-order valence-corrected chi connectivity index (χ2v) is 7.48. The van der Waals surface area contributed by atoms with Crippen LogP contribution in [0.2, 0.25) is 0 Å². The van der Waals surface area contributed by atoms with Crippen molar-refractivity contribution in [1.82, 2.24) is 9.47 Å². The zero-order valence-corrected chi connectivity index (χ0v) is 17.8. The van der Waals surface area contributed by atoms with Crippen LogP contribution >= 0.6 is 0 Å². The normalized spacial score (nSPS) is 14.8. The number of hydrogen-bond donors (Lipinski definition) is 0. The molecule has 6 nitrogen and oxygen atoms in total. The van der Waals surface area contributed by atoms with E-state index < -0.39 is 0 Å². The van der Waals surface area contributed by atoms with Gasteiger partial charge in [0, 0.05) is 48.3 Å². The van der Waals surface area contributed by atoms with E-state index in [-0.39, 0.29) is 5.78 Å². The summed E-state index contributed by atoms with van der Waals surface area (Å²) in [5.41, 5.74) is 3.42. The summed E-state index contributed by atoms with van der Waals surface area (Å²) in [4.78, 5) is 15.9. The molecular weight excluding hydrogens is 380 g/mol. The lowest BCUT2D eigenvalue weighted by Crippen LogP contribution is -2.38. The van der Waals surface area contributed by atoms with Crippen LogP contribution in [-0.2, 0) is 11.3 Å². The van der Waals surface area contributed by atoms with Crippen LogP contribution in [0.3, 0.4) is 0 Å². The third-order valence-corrected chi connectivity index (χ3v) is 5.85. The first-order chi connectivity index (χ1) is 14.6. The molecule has 0 atom stereocenters. The molecule has 6 heteroatoms. The number of hydrogen-bond acceptors (Lipinski definition) is 5. The second-order valence-electron chi connectivity index (χ2n) is 7.48. The molecule has 2 heterocycles. The minimum atomic E-state index is -0.00484. The Morgan fingerprint density at radius 2 is 1.73 bits per heavy atom. The van der Waals surface area contributed by atoms with Crippen molar-refractivity contribution in [1.29, 1.82) is 0 Å². The van der Waals surface area contributed by atoms with E-state index in [9.17, 15) is 4.79 Å². The van der Waals surface area contributed by atoms with Crippen molar-refractivity contribution >= 4 is 16.7 Å². The van der Waals surface area contributed by atoms with E-state index in [0.29, 0.717) is 17.1 Å². The molecule has 0 amide bonds. The highest BCUT2D eigenvalue weighted by Crippen LogP contribution is 2.32. The maximum Gasteiger partial charge on any atom is 0.195 e. The molecule has 0 spiro atoms. The highest BCUT2D eigenvalue weighted by atomic mass is 16.5. The average molecular weight is 408 g/mol. The van der Waals surface area contributed by atoms with Crippen molar-refractivity contribution in [2.24, 2.45) is 0 Å². The molecule has 0 unspecified atom stereocenters. The number of nitrogens with zero attached hydrogens (tertiary/aromatic N) is 2. The Morgan fingerprint density at radius 3 is 2.47 bits per heavy atom. The fourth-order valence-electron chi connectivity index (χ4n) is 4.19. The van der Waals surface area contributed by atoms with E-state index in [4.69, 9.17) is 14.2 Å². The van der Waals surface area contributed by atoms with Gasteiger partial charge in [0.1, 0.15) is 0 Å². The van der Waals surface area contributed by atoms with Crippen LogP contribution in [0.15, 0.2) is 42.5 Å². The largest absolute Gasteiger partial charge is 0.493 e. The van der Waals surface area contributed by atoms with Crippen molar-refractivity contribution in [2.75, 3.05) is 47.1 Å². The number of aromatic nitrogens is 1. The monoisotopic (exact) mass is 408 g/mol. The number of rotatable bonds is 7. The molecule has 1 aliphatic heterocycles. The maximum absolute atomic E-state index is 13.5. The van der Waals surface area contributed by atoms with E-state index in [0.717, 1.165) is 61.6 Å². The minimum absolute atomic E-state index is 0.00484. The molecular formula is C24H28N2O4. The molecule has 1 aromatic heterocycles. The van der Waals surface area contributed by atoms with Crippen LogP contribution in [0.4, 0.5) is 0 Å². The molecule has 30 heavy (non-hydrogen) atoms. The summed E-state index contributed by atoms with van der Waals surface area (Å²) in [5, 5.41) is 0.983. The number of ether oxygens (including phenoxy) is 3. The first-order valence-corrected chi connectivity index (χ1v) is 10.3. The summed E-state index contributed by atoms with van der Waals surface area (Å²) < 4.78 is 18.4. The summed E-state index contributed by atoms with van der Waals surface area (Å²) >= 11 is 0.